The zero-order valence-corrected chi connectivity index (χ0v) is 12.8. The second-order valence-electron chi connectivity index (χ2n) is 4.63. The van der Waals surface area contributed by atoms with E-state index < -0.39 is 0 Å². The van der Waals surface area contributed by atoms with Gasteiger partial charge in [0.15, 0.2) is 10.4 Å². The summed E-state index contributed by atoms with van der Waals surface area (Å²) in [7, 11) is 3.25. The number of imidazole rings is 1. The summed E-state index contributed by atoms with van der Waals surface area (Å²) < 4.78 is 13.2. The number of nitrogens with zero attached hydrogens (tertiary/aromatic N) is 2. The predicted molar refractivity (Wildman–Crippen MR) is 84.1 cm³/mol. The minimum absolute atomic E-state index is 0.564. The number of nitrogens with one attached hydrogen (secondary N) is 1. The summed E-state index contributed by atoms with van der Waals surface area (Å²) in [6, 6.07) is 9.49. The lowest BCUT2D eigenvalue weighted by Crippen LogP contribution is -2.00. The fraction of sp³-hybridized carbons (Fsp3) is 0.200. The lowest BCUT2D eigenvalue weighted by Gasteiger charge is -2.11. The molecule has 0 atom stereocenters. The SMILES string of the molecule is COc1ccc(OC)c(-n2c(=S)[nH]c3ccc(C)nc32)c1. The maximum absolute atomic E-state index is 5.44. The number of hydrogen-bond donors (Lipinski definition) is 1. The molecule has 0 spiro atoms. The average Bonchev–Trinajstić information content (AvgIpc) is 2.81. The van der Waals surface area contributed by atoms with Crippen LogP contribution in [0.1, 0.15) is 5.69 Å². The first-order valence-corrected chi connectivity index (χ1v) is 6.85. The predicted octanol–water partition coefficient (Wildman–Crippen LogP) is 3.41. The first-order chi connectivity index (χ1) is 10.1. The Kier molecular flexibility index (Phi) is 3.39. The number of H-pyrrole nitrogens is 1. The van der Waals surface area contributed by atoms with Crippen LogP contribution >= 0.6 is 12.2 Å². The van der Waals surface area contributed by atoms with Crippen LogP contribution in [-0.4, -0.2) is 28.8 Å². The first kappa shape index (κ1) is 13.6. The molecule has 0 aliphatic heterocycles. The molecule has 1 N–H and O–H groups in total. The standard InChI is InChI=1S/C15H15N3O2S/c1-9-4-6-11-14(16-9)18(15(21)17-11)12-8-10(19-2)5-7-13(12)20-3/h4-8H,1-3H3,(H,17,21). The van der Waals surface area contributed by atoms with Crippen LogP contribution in [0, 0.1) is 11.7 Å². The van der Waals surface area contributed by atoms with Crippen molar-refractivity contribution in [1.82, 2.24) is 14.5 Å². The maximum atomic E-state index is 5.44. The second-order valence-corrected chi connectivity index (χ2v) is 5.01. The van der Waals surface area contributed by atoms with Gasteiger partial charge in [0.1, 0.15) is 11.5 Å². The molecule has 2 aromatic heterocycles. The highest BCUT2D eigenvalue weighted by Crippen LogP contribution is 2.30. The summed E-state index contributed by atoms with van der Waals surface area (Å²) in [5.41, 5.74) is 3.38. The quantitative estimate of drug-likeness (QED) is 0.753. The van der Waals surface area contributed by atoms with Crippen molar-refractivity contribution >= 4 is 23.4 Å². The number of rotatable bonds is 3. The van der Waals surface area contributed by atoms with Gasteiger partial charge in [-0.05, 0) is 43.4 Å². The van der Waals surface area contributed by atoms with E-state index in [1.165, 1.54) is 0 Å². The molecular formula is C15H15N3O2S. The van der Waals surface area contributed by atoms with Gasteiger partial charge in [-0.15, -0.1) is 0 Å². The third-order valence-corrected chi connectivity index (χ3v) is 3.58. The Morgan fingerprint density at radius 1 is 1.14 bits per heavy atom. The first-order valence-electron chi connectivity index (χ1n) is 6.45. The molecule has 6 heteroatoms. The van der Waals surface area contributed by atoms with Crippen molar-refractivity contribution in [1.29, 1.82) is 0 Å². The normalized spacial score (nSPS) is 10.8. The molecule has 0 aliphatic carbocycles. The van der Waals surface area contributed by atoms with Crippen LogP contribution in [0.25, 0.3) is 16.9 Å². The highest BCUT2D eigenvalue weighted by Gasteiger charge is 2.13. The number of benzene rings is 1. The van der Waals surface area contributed by atoms with E-state index in [4.69, 9.17) is 21.7 Å². The van der Waals surface area contributed by atoms with Gasteiger partial charge in [0, 0.05) is 11.8 Å². The van der Waals surface area contributed by atoms with E-state index in [0.29, 0.717) is 10.5 Å². The van der Waals surface area contributed by atoms with E-state index in [2.05, 4.69) is 9.97 Å². The van der Waals surface area contributed by atoms with E-state index in [0.717, 1.165) is 28.3 Å². The summed E-state index contributed by atoms with van der Waals surface area (Å²) in [6.45, 7) is 1.95. The van der Waals surface area contributed by atoms with Crippen LogP contribution in [0.3, 0.4) is 0 Å². The van der Waals surface area contributed by atoms with E-state index in [9.17, 15) is 0 Å². The fourth-order valence-corrected chi connectivity index (χ4v) is 2.57. The molecule has 0 saturated heterocycles. The molecule has 3 rings (SSSR count). The number of pyridine rings is 1. The highest BCUT2D eigenvalue weighted by atomic mass is 32.1. The van der Waals surface area contributed by atoms with Crippen molar-refractivity contribution in [3.8, 4) is 17.2 Å². The molecule has 1 aromatic carbocycles. The fourth-order valence-electron chi connectivity index (χ4n) is 2.27. The number of aromatic amines is 1. The largest absolute Gasteiger partial charge is 0.497 e. The molecule has 2 heterocycles. The van der Waals surface area contributed by atoms with Crippen molar-refractivity contribution in [3.05, 3.63) is 40.8 Å². The average molecular weight is 301 g/mol. The van der Waals surface area contributed by atoms with Gasteiger partial charge >= 0.3 is 0 Å². The van der Waals surface area contributed by atoms with Crippen molar-refractivity contribution in [2.45, 2.75) is 6.92 Å². The lowest BCUT2D eigenvalue weighted by atomic mass is 10.2. The Morgan fingerprint density at radius 3 is 2.67 bits per heavy atom. The van der Waals surface area contributed by atoms with Crippen LogP contribution in [-0.2, 0) is 0 Å². The summed E-state index contributed by atoms with van der Waals surface area (Å²) >= 11 is 5.44. The summed E-state index contributed by atoms with van der Waals surface area (Å²) in [5, 5.41) is 0. The van der Waals surface area contributed by atoms with Crippen LogP contribution in [0.5, 0.6) is 11.5 Å². The third-order valence-electron chi connectivity index (χ3n) is 3.30. The summed E-state index contributed by atoms with van der Waals surface area (Å²) in [6.07, 6.45) is 0. The zero-order chi connectivity index (χ0) is 15.0. The number of aromatic nitrogens is 3. The smallest absolute Gasteiger partial charge is 0.184 e. The molecule has 0 saturated carbocycles. The summed E-state index contributed by atoms with van der Waals surface area (Å²) in [4.78, 5) is 7.73. The second kappa shape index (κ2) is 5.21. The van der Waals surface area contributed by atoms with Crippen LogP contribution in [0.2, 0.25) is 0 Å². The molecule has 0 fully saturated rings. The Bertz CT molecular complexity index is 867. The molecule has 5 nitrogen and oxygen atoms in total. The molecule has 21 heavy (non-hydrogen) atoms. The van der Waals surface area contributed by atoms with Crippen molar-refractivity contribution in [3.63, 3.8) is 0 Å². The van der Waals surface area contributed by atoms with Gasteiger partial charge in [0.2, 0.25) is 0 Å². The van der Waals surface area contributed by atoms with Gasteiger partial charge in [0.05, 0.1) is 25.4 Å². The molecule has 108 valence electrons. The number of methoxy groups -OCH3 is 2. The number of aryl methyl sites for hydroxylation is 1. The van der Waals surface area contributed by atoms with Crippen molar-refractivity contribution < 1.29 is 9.47 Å². The van der Waals surface area contributed by atoms with Crippen molar-refractivity contribution in [2.24, 2.45) is 0 Å². The van der Waals surface area contributed by atoms with Crippen LogP contribution in [0.15, 0.2) is 30.3 Å². The Hall–Kier alpha value is -2.34. The summed E-state index contributed by atoms with van der Waals surface area (Å²) in [5.74, 6) is 1.44. The van der Waals surface area contributed by atoms with Gasteiger partial charge in [-0.3, -0.25) is 4.57 Å². The van der Waals surface area contributed by atoms with Gasteiger partial charge in [-0.2, -0.15) is 0 Å². The Labute approximate surface area is 127 Å². The van der Waals surface area contributed by atoms with Crippen LogP contribution in [0.4, 0.5) is 0 Å². The van der Waals surface area contributed by atoms with Crippen molar-refractivity contribution in [2.75, 3.05) is 14.2 Å². The van der Waals surface area contributed by atoms with Gasteiger partial charge in [-0.1, -0.05) is 0 Å². The molecule has 0 bridgehead atoms. The number of fused-ring (bicyclic) bond motifs is 1. The van der Waals surface area contributed by atoms with Crippen LogP contribution < -0.4 is 9.47 Å². The van der Waals surface area contributed by atoms with E-state index in [1.54, 1.807) is 14.2 Å². The number of ether oxygens (including phenoxy) is 2. The molecule has 3 aromatic rings. The Morgan fingerprint density at radius 2 is 1.95 bits per heavy atom. The zero-order valence-electron chi connectivity index (χ0n) is 12.0. The molecular weight excluding hydrogens is 286 g/mol. The molecule has 0 aliphatic rings. The number of hydrogen-bond acceptors (Lipinski definition) is 4. The lowest BCUT2D eigenvalue weighted by molar-refractivity contribution is 0.401. The minimum atomic E-state index is 0.564. The van der Waals surface area contributed by atoms with Gasteiger partial charge < -0.3 is 14.5 Å². The minimum Gasteiger partial charge on any atom is -0.497 e. The van der Waals surface area contributed by atoms with E-state index >= 15 is 0 Å². The molecule has 0 unspecified atom stereocenters. The van der Waals surface area contributed by atoms with Gasteiger partial charge in [0.25, 0.3) is 0 Å². The molecule has 0 amide bonds. The Balaban J connectivity index is 2.36. The maximum Gasteiger partial charge on any atom is 0.184 e. The monoisotopic (exact) mass is 301 g/mol. The van der Waals surface area contributed by atoms with E-state index in [-0.39, 0.29) is 0 Å². The third kappa shape index (κ3) is 2.27. The topological polar surface area (TPSA) is 52.1 Å². The van der Waals surface area contributed by atoms with E-state index in [1.807, 2.05) is 41.8 Å². The molecule has 0 radical (unpaired) electrons. The van der Waals surface area contributed by atoms with Gasteiger partial charge in [-0.25, -0.2) is 4.98 Å². The highest BCUT2D eigenvalue weighted by molar-refractivity contribution is 7.71.